The Morgan fingerprint density at radius 2 is 1.46 bits per heavy atom. The van der Waals surface area contributed by atoms with Crippen molar-refractivity contribution in [2.75, 3.05) is 23.1 Å². The van der Waals surface area contributed by atoms with Gasteiger partial charge in [-0.3, -0.25) is 9.59 Å². The number of alkyl halides is 3. The van der Waals surface area contributed by atoms with Crippen LogP contribution >= 0.6 is 23.5 Å². The van der Waals surface area contributed by atoms with Gasteiger partial charge in [0, 0.05) is 21.2 Å². The van der Waals surface area contributed by atoms with Gasteiger partial charge in [-0.1, -0.05) is 6.07 Å². The van der Waals surface area contributed by atoms with Crippen molar-refractivity contribution < 1.29 is 22.8 Å². The molecule has 0 aliphatic heterocycles. The Labute approximate surface area is 156 Å². The number of nitrogens with one attached hydrogen (secondary N) is 2. The number of halogens is 3. The molecule has 0 saturated carbocycles. The van der Waals surface area contributed by atoms with Gasteiger partial charge in [0.1, 0.15) is 0 Å². The van der Waals surface area contributed by atoms with Gasteiger partial charge in [-0.25, -0.2) is 0 Å². The highest BCUT2D eigenvalue weighted by molar-refractivity contribution is 8.01. The highest BCUT2D eigenvalue weighted by atomic mass is 32.2. The molecule has 2 aromatic rings. The first-order chi connectivity index (χ1) is 12.3. The molecular weight excluding hydrogens is 385 g/mol. The number of hydrogen-bond acceptors (Lipinski definition) is 4. The summed E-state index contributed by atoms with van der Waals surface area (Å²) in [7, 11) is 0. The van der Waals surface area contributed by atoms with Crippen LogP contribution in [-0.2, 0) is 4.79 Å². The summed E-state index contributed by atoms with van der Waals surface area (Å²) >= 11 is 3.00. The molecule has 26 heavy (non-hydrogen) atoms. The molecule has 0 bridgehead atoms. The Bertz CT molecular complexity index is 809. The van der Waals surface area contributed by atoms with Crippen LogP contribution < -0.4 is 10.6 Å². The second-order valence-electron chi connectivity index (χ2n) is 5.02. The number of amides is 2. The third-order valence-corrected chi connectivity index (χ3v) is 5.06. The van der Waals surface area contributed by atoms with Crippen LogP contribution in [-0.4, -0.2) is 30.5 Å². The van der Waals surface area contributed by atoms with E-state index in [0.717, 1.165) is 9.79 Å². The number of carbonyl (C=O) groups excluding carboxylic acids is 2. The Morgan fingerprint density at radius 1 is 0.885 bits per heavy atom. The zero-order valence-corrected chi connectivity index (χ0v) is 15.4. The molecule has 0 unspecified atom stereocenters. The highest BCUT2D eigenvalue weighted by Gasteiger charge is 2.38. The van der Waals surface area contributed by atoms with Gasteiger partial charge in [-0.05, 0) is 48.9 Å². The van der Waals surface area contributed by atoms with Crippen LogP contribution in [0.5, 0.6) is 0 Å². The minimum atomic E-state index is -4.95. The number of thioether (sulfide) groups is 2. The minimum absolute atomic E-state index is 0.0143. The standard InChI is InChI=1S/C17H15F3N2O2S2/c1-25-13-5-3-4-12(14(13)26-2)15(23)21-10-6-8-11(9-7-10)22-16(24)17(18,19)20/h3-9H,1-2H3,(H,21,23)(H,22,24). The third-order valence-electron chi connectivity index (χ3n) is 3.31. The van der Waals surface area contributed by atoms with E-state index in [4.69, 9.17) is 0 Å². The molecule has 0 saturated heterocycles. The minimum Gasteiger partial charge on any atom is -0.322 e. The fourth-order valence-corrected chi connectivity index (χ4v) is 3.76. The molecule has 2 aromatic carbocycles. The van der Waals surface area contributed by atoms with Gasteiger partial charge in [-0.2, -0.15) is 13.2 Å². The lowest BCUT2D eigenvalue weighted by atomic mass is 10.2. The van der Waals surface area contributed by atoms with Crippen molar-refractivity contribution in [1.29, 1.82) is 0 Å². The Morgan fingerprint density at radius 3 is 1.96 bits per heavy atom. The largest absolute Gasteiger partial charge is 0.471 e. The second kappa shape index (κ2) is 8.50. The average molecular weight is 400 g/mol. The van der Waals surface area contributed by atoms with E-state index in [1.54, 1.807) is 17.4 Å². The Kier molecular flexibility index (Phi) is 6.60. The number of hydrogen-bond donors (Lipinski definition) is 2. The van der Waals surface area contributed by atoms with E-state index in [0.29, 0.717) is 11.3 Å². The molecule has 9 heteroatoms. The zero-order valence-electron chi connectivity index (χ0n) is 13.8. The zero-order chi connectivity index (χ0) is 19.3. The smallest absolute Gasteiger partial charge is 0.322 e. The number of rotatable bonds is 5. The fraction of sp³-hybridized carbons (Fsp3) is 0.176. The summed E-state index contributed by atoms with van der Waals surface area (Å²) in [6, 6.07) is 10.8. The molecule has 0 aliphatic rings. The maximum Gasteiger partial charge on any atom is 0.471 e. The van der Waals surface area contributed by atoms with Gasteiger partial charge in [0.25, 0.3) is 5.91 Å². The number of anilines is 2. The Balaban J connectivity index is 2.12. The summed E-state index contributed by atoms with van der Waals surface area (Å²) < 4.78 is 36.7. The predicted octanol–water partition coefficient (Wildman–Crippen LogP) is 4.88. The fourth-order valence-electron chi connectivity index (χ4n) is 2.10. The molecule has 0 fully saturated rings. The topological polar surface area (TPSA) is 58.2 Å². The molecule has 0 atom stereocenters. The quantitative estimate of drug-likeness (QED) is 0.702. The normalized spacial score (nSPS) is 11.1. The van der Waals surface area contributed by atoms with Crippen LogP contribution in [0, 0.1) is 0 Å². The van der Waals surface area contributed by atoms with Gasteiger partial charge in [0.15, 0.2) is 0 Å². The van der Waals surface area contributed by atoms with Crippen molar-refractivity contribution in [3.05, 3.63) is 48.0 Å². The van der Waals surface area contributed by atoms with E-state index in [-0.39, 0.29) is 11.6 Å². The van der Waals surface area contributed by atoms with Crippen LogP contribution in [0.4, 0.5) is 24.5 Å². The molecule has 2 amide bonds. The van der Waals surface area contributed by atoms with Gasteiger partial charge < -0.3 is 10.6 Å². The van der Waals surface area contributed by atoms with E-state index in [1.807, 2.05) is 18.6 Å². The van der Waals surface area contributed by atoms with Crippen LogP contribution in [0.15, 0.2) is 52.3 Å². The number of benzene rings is 2. The maximum absolute atomic E-state index is 12.5. The SMILES string of the molecule is CSc1cccc(C(=O)Nc2ccc(NC(=O)C(F)(F)F)cc2)c1SC. The van der Waals surface area contributed by atoms with Crippen LogP contribution in [0.1, 0.15) is 10.4 Å². The Hall–Kier alpha value is -2.13. The molecule has 2 rings (SSSR count). The van der Waals surface area contributed by atoms with Crippen molar-refractivity contribution >= 4 is 46.7 Å². The summed E-state index contributed by atoms with van der Waals surface area (Å²) in [5.74, 6) is -2.37. The maximum atomic E-state index is 12.5. The van der Waals surface area contributed by atoms with E-state index < -0.39 is 12.1 Å². The summed E-state index contributed by atoms with van der Waals surface area (Å²) in [4.78, 5) is 25.2. The summed E-state index contributed by atoms with van der Waals surface area (Å²) in [6.45, 7) is 0. The number of carbonyl (C=O) groups is 2. The van der Waals surface area contributed by atoms with Crippen molar-refractivity contribution in [2.24, 2.45) is 0 Å². The van der Waals surface area contributed by atoms with E-state index >= 15 is 0 Å². The van der Waals surface area contributed by atoms with E-state index in [9.17, 15) is 22.8 Å². The second-order valence-corrected chi connectivity index (χ2v) is 6.69. The average Bonchev–Trinajstić information content (AvgIpc) is 2.61. The van der Waals surface area contributed by atoms with Gasteiger partial charge in [-0.15, -0.1) is 23.5 Å². The van der Waals surface area contributed by atoms with Crippen LogP contribution in [0.3, 0.4) is 0 Å². The van der Waals surface area contributed by atoms with Crippen molar-refractivity contribution in [2.45, 2.75) is 16.0 Å². The lowest BCUT2D eigenvalue weighted by Crippen LogP contribution is -2.29. The predicted molar refractivity (Wildman–Crippen MR) is 99.1 cm³/mol. The van der Waals surface area contributed by atoms with Crippen LogP contribution in [0.2, 0.25) is 0 Å². The molecule has 0 aliphatic carbocycles. The molecule has 4 nitrogen and oxygen atoms in total. The lowest BCUT2D eigenvalue weighted by Gasteiger charge is -2.12. The van der Waals surface area contributed by atoms with E-state index in [1.165, 1.54) is 47.8 Å². The molecule has 0 radical (unpaired) electrons. The van der Waals surface area contributed by atoms with Gasteiger partial charge in [0.2, 0.25) is 0 Å². The van der Waals surface area contributed by atoms with Crippen molar-refractivity contribution in [1.82, 2.24) is 0 Å². The molecule has 0 spiro atoms. The summed E-state index contributed by atoms with van der Waals surface area (Å²) in [6.07, 6.45) is -1.15. The molecule has 2 N–H and O–H groups in total. The first-order valence-electron chi connectivity index (χ1n) is 7.27. The summed E-state index contributed by atoms with van der Waals surface area (Å²) in [5.41, 5.74) is 0.903. The van der Waals surface area contributed by atoms with E-state index in [2.05, 4.69) is 5.32 Å². The first kappa shape index (κ1) is 20.2. The molecule has 0 heterocycles. The van der Waals surface area contributed by atoms with Gasteiger partial charge in [0.05, 0.1) is 5.56 Å². The summed E-state index contributed by atoms with van der Waals surface area (Å²) in [5, 5.41) is 4.44. The highest BCUT2D eigenvalue weighted by Crippen LogP contribution is 2.31. The van der Waals surface area contributed by atoms with Crippen LogP contribution in [0.25, 0.3) is 0 Å². The van der Waals surface area contributed by atoms with Crippen molar-refractivity contribution in [3.8, 4) is 0 Å². The third kappa shape index (κ3) is 4.95. The lowest BCUT2D eigenvalue weighted by molar-refractivity contribution is -0.167. The first-order valence-corrected chi connectivity index (χ1v) is 9.71. The monoisotopic (exact) mass is 400 g/mol. The molecular formula is C17H15F3N2O2S2. The molecule has 0 aromatic heterocycles. The molecule has 138 valence electrons. The van der Waals surface area contributed by atoms with Crippen molar-refractivity contribution in [3.63, 3.8) is 0 Å². The van der Waals surface area contributed by atoms with Gasteiger partial charge >= 0.3 is 12.1 Å².